The summed E-state index contributed by atoms with van der Waals surface area (Å²) >= 11 is 0. The van der Waals surface area contributed by atoms with Crippen LogP contribution in [0.3, 0.4) is 0 Å². The first-order chi connectivity index (χ1) is 12.5. The molecule has 1 aliphatic rings. The van der Waals surface area contributed by atoms with Crippen LogP contribution in [0.4, 0.5) is 4.39 Å². The molecule has 1 fully saturated rings. The van der Waals surface area contributed by atoms with Gasteiger partial charge >= 0.3 is 5.97 Å². The van der Waals surface area contributed by atoms with Gasteiger partial charge in [-0.1, -0.05) is 18.2 Å². The predicted octanol–water partition coefficient (Wildman–Crippen LogP) is 3.94. The van der Waals surface area contributed by atoms with Crippen molar-refractivity contribution in [2.24, 2.45) is 0 Å². The second-order valence-corrected chi connectivity index (χ2v) is 6.76. The molecule has 1 saturated heterocycles. The summed E-state index contributed by atoms with van der Waals surface area (Å²) in [5.74, 6) is -0.628. The van der Waals surface area contributed by atoms with Crippen LogP contribution in [0.1, 0.15) is 36.2 Å². The maximum Gasteiger partial charge on any atom is 0.338 e. The average Bonchev–Trinajstić information content (AvgIpc) is 3.13. The maximum absolute atomic E-state index is 13.7. The molecule has 5 heteroatoms. The van der Waals surface area contributed by atoms with Crippen molar-refractivity contribution in [2.45, 2.75) is 39.1 Å². The maximum atomic E-state index is 13.7. The van der Waals surface area contributed by atoms with Crippen LogP contribution in [0.25, 0.3) is 11.1 Å². The Morgan fingerprint density at radius 3 is 2.65 bits per heavy atom. The molecule has 1 aliphatic heterocycles. The lowest BCUT2D eigenvalue weighted by atomic mass is 9.99. The Kier molecular flexibility index (Phi) is 6.01. The van der Waals surface area contributed by atoms with E-state index in [0.717, 1.165) is 36.2 Å². The van der Waals surface area contributed by atoms with E-state index in [2.05, 4.69) is 5.32 Å². The topological polar surface area (TPSA) is 47.6 Å². The van der Waals surface area contributed by atoms with Gasteiger partial charge in [-0.15, -0.1) is 0 Å². The van der Waals surface area contributed by atoms with Gasteiger partial charge in [-0.3, -0.25) is 0 Å². The van der Waals surface area contributed by atoms with Gasteiger partial charge < -0.3 is 14.8 Å². The molecule has 0 unspecified atom stereocenters. The molecule has 4 nitrogen and oxygen atoms in total. The summed E-state index contributed by atoms with van der Waals surface area (Å²) in [5, 5.41) is 3.25. The van der Waals surface area contributed by atoms with Gasteiger partial charge in [-0.25, -0.2) is 9.18 Å². The highest BCUT2D eigenvalue weighted by molar-refractivity contribution is 5.90. The molecule has 2 aromatic rings. The molecule has 26 heavy (non-hydrogen) atoms. The van der Waals surface area contributed by atoms with Crippen molar-refractivity contribution in [2.75, 3.05) is 13.1 Å². The third kappa shape index (κ3) is 4.68. The van der Waals surface area contributed by atoms with E-state index in [4.69, 9.17) is 9.47 Å². The lowest BCUT2D eigenvalue weighted by molar-refractivity contribution is 0.0378. The molecular weight excluding hydrogens is 333 g/mol. The van der Waals surface area contributed by atoms with Gasteiger partial charge in [-0.2, -0.15) is 0 Å². The largest absolute Gasteiger partial charge is 0.459 e. The molecule has 0 bridgehead atoms. The predicted molar refractivity (Wildman–Crippen MR) is 98.5 cm³/mol. The number of ether oxygens (including phenoxy) is 2. The van der Waals surface area contributed by atoms with E-state index < -0.39 is 0 Å². The van der Waals surface area contributed by atoms with E-state index >= 15 is 0 Å². The molecule has 0 spiro atoms. The van der Waals surface area contributed by atoms with Crippen molar-refractivity contribution < 1.29 is 18.7 Å². The van der Waals surface area contributed by atoms with Gasteiger partial charge in [0.1, 0.15) is 5.82 Å². The summed E-state index contributed by atoms with van der Waals surface area (Å²) in [7, 11) is 0. The highest BCUT2D eigenvalue weighted by Crippen LogP contribution is 2.26. The molecular formula is C21H24FNO3. The van der Waals surface area contributed by atoms with Crippen molar-refractivity contribution in [1.29, 1.82) is 0 Å². The Bertz CT molecular complexity index is 752. The molecule has 1 N–H and O–H groups in total. The van der Waals surface area contributed by atoms with Crippen LogP contribution >= 0.6 is 0 Å². The number of hydrogen-bond donors (Lipinski definition) is 1. The normalized spacial score (nSPS) is 16.8. The molecule has 0 radical (unpaired) electrons. The zero-order valence-corrected chi connectivity index (χ0v) is 15.1. The summed E-state index contributed by atoms with van der Waals surface area (Å²) in [5.41, 5.74) is 3.11. The summed E-state index contributed by atoms with van der Waals surface area (Å²) in [6.07, 6.45) is 0.976. The van der Waals surface area contributed by atoms with E-state index in [1.54, 1.807) is 18.2 Å². The third-order valence-electron chi connectivity index (χ3n) is 4.33. The van der Waals surface area contributed by atoms with Gasteiger partial charge in [0.15, 0.2) is 0 Å². The van der Waals surface area contributed by atoms with Gasteiger partial charge in [0.2, 0.25) is 0 Å². The standard InChI is InChI=1S/C21H24FNO3/c1-14(2)26-21(24)16-5-3-15(4-6-16)20-8-7-18(22)11-17(20)13-25-19-9-10-23-12-19/h3-8,11,14,19,23H,9-10,12-13H2,1-2H3/t19-/m0/s1. The van der Waals surface area contributed by atoms with Crippen molar-refractivity contribution in [3.05, 3.63) is 59.4 Å². The number of esters is 1. The fourth-order valence-electron chi connectivity index (χ4n) is 3.01. The minimum Gasteiger partial charge on any atom is -0.459 e. The Balaban J connectivity index is 1.78. The fourth-order valence-corrected chi connectivity index (χ4v) is 3.01. The average molecular weight is 357 g/mol. The van der Waals surface area contributed by atoms with Crippen molar-refractivity contribution in [1.82, 2.24) is 5.32 Å². The lowest BCUT2D eigenvalue weighted by Gasteiger charge is -2.14. The van der Waals surface area contributed by atoms with Crippen molar-refractivity contribution in [3.8, 4) is 11.1 Å². The van der Waals surface area contributed by atoms with Crippen molar-refractivity contribution in [3.63, 3.8) is 0 Å². The van der Waals surface area contributed by atoms with Crippen LogP contribution < -0.4 is 5.32 Å². The van der Waals surface area contributed by atoms with E-state index in [-0.39, 0.29) is 24.0 Å². The van der Waals surface area contributed by atoms with Crippen molar-refractivity contribution >= 4 is 5.97 Å². The lowest BCUT2D eigenvalue weighted by Crippen LogP contribution is -2.16. The molecule has 2 aromatic carbocycles. The molecule has 1 heterocycles. The van der Waals surface area contributed by atoms with Gasteiger partial charge in [0, 0.05) is 6.54 Å². The molecule has 0 aliphatic carbocycles. The quantitative estimate of drug-likeness (QED) is 0.796. The molecule has 0 amide bonds. The number of nitrogens with one attached hydrogen (secondary N) is 1. The van der Waals surface area contributed by atoms with Crippen LogP contribution in [0.5, 0.6) is 0 Å². The van der Waals surface area contributed by atoms with Gasteiger partial charge in [0.25, 0.3) is 0 Å². The Morgan fingerprint density at radius 2 is 2.00 bits per heavy atom. The van der Waals surface area contributed by atoms with E-state index in [1.807, 2.05) is 26.0 Å². The monoisotopic (exact) mass is 357 g/mol. The summed E-state index contributed by atoms with van der Waals surface area (Å²) in [4.78, 5) is 12.0. The highest BCUT2D eigenvalue weighted by atomic mass is 19.1. The van der Waals surface area contributed by atoms with Crippen LogP contribution in [0.15, 0.2) is 42.5 Å². The summed E-state index contributed by atoms with van der Waals surface area (Å²) in [6.45, 7) is 5.77. The zero-order chi connectivity index (χ0) is 18.5. The SMILES string of the molecule is CC(C)OC(=O)c1ccc(-c2ccc(F)cc2CO[C@H]2CCNC2)cc1. The smallest absolute Gasteiger partial charge is 0.338 e. The van der Waals surface area contributed by atoms with Crippen LogP contribution in [-0.2, 0) is 16.1 Å². The van der Waals surface area contributed by atoms with Crippen LogP contribution in [-0.4, -0.2) is 31.3 Å². The molecule has 0 saturated carbocycles. The van der Waals surface area contributed by atoms with E-state index in [9.17, 15) is 9.18 Å². The first-order valence-corrected chi connectivity index (χ1v) is 8.95. The number of carbonyl (C=O) groups is 1. The molecule has 1 atom stereocenters. The molecule has 138 valence electrons. The van der Waals surface area contributed by atoms with E-state index in [0.29, 0.717) is 12.2 Å². The fraction of sp³-hybridized carbons (Fsp3) is 0.381. The zero-order valence-electron chi connectivity index (χ0n) is 15.1. The number of rotatable bonds is 6. The van der Waals surface area contributed by atoms with Gasteiger partial charge in [-0.05, 0) is 67.8 Å². The number of benzene rings is 2. The summed E-state index contributed by atoms with van der Waals surface area (Å²) in [6, 6.07) is 11.9. The second kappa shape index (κ2) is 8.43. The van der Waals surface area contributed by atoms with Crippen LogP contribution in [0, 0.1) is 5.82 Å². The molecule has 3 rings (SSSR count). The Labute approximate surface area is 153 Å². The summed E-state index contributed by atoms with van der Waals surface area (Å²) < 4.78 is 24.8. The first kappa shape index (κ1) is 18.5. The van der Waals surface area contributed by atoms with Gasteiger partial charge in [0.05, 0.1) is 24.4 Å². The minimum absolute atomic E-state index is 0.159. The number of halogens is 1. The van der Waals surface area contributed by atoms with Crippen LogP contribution in [0.2, 0.25) is 0 Å². The Hall–Kier alpha value is -2.24. The third-order valence-corrected chi connectivity index (χ3v) is 4.33. The van der Waals surface area contributed by atoms with E-state index in [1.165, 1.54) is 12.1 Å². The second-order valence-electron chi connectivity index (χ2n) is 6.76. The number of carbonyl (C=O) groups excluding carboxylic acids is 1. The molecule has 0 aromatic heterocycles. The first-order valence-electron chi connectivity index (χ1n) is 8.95. The minimum atomic E-state index is -0.344. The number of hydrogen-bond acceptors (Lipinski definition) is 4. The Morgan fingerprint density at radius 1 is 1.23 bits per heavy atom. The highest BCUT2D eigenvalue weighted by Gasteiger charge is 2.16.